The Labute approximate surface area is 403 Å². The summed E-state index contributed by atoms with van der Waals surface area (Å²) in [5.41, 5.74) is -4.18. The molecule has 12 aliphatic carbocycles. The summed E-state index contributed by atoms with van der Waals surface area (Å²) in [7, 11) is 1.96. The van der Waals surface area contributed by atoms with Crippen LogP contribution in [0.15, 0.2) is 42.0 Å². The molecule has 1 aliphatic heterocycles. The van der Waals surface area contributed by atoms with Crippen molar-refractivity contribution in [1.82, 2.24) is 5.32 Å². The molecule has 0 radical (unpaired) electrons. The number of aldehydes is 1. The standard InChI is InChI=1S/C59H77NO8/c1-60-47-28-42-36(14-8-16-38(42)32-61)13-4-5-22-54-24-18-48-56(34-62)33-55(23-10-21-53(55)19-6-7-20-53)52(64)46-26-37-15-9-17-41(35-11-2-3-12-35)43(37)27-40(59(46,56)67)31-57(48,65)58(54,66)30-39-25-44(47)51-45(50(39)54)29-49(63)68-51/h8-9,14-16,29,34-35,37,39-41,43-44,46-48,50-52,60-61,64-67H,2-3,5-7,10-12,17-28,30-33H2,1H3/t37-,39+,40-,41-,43-,44-,46+,47-,48-,50-,51+,52-,54-,55+,56+,57+,58-,59+/m1/s1. The van der Waals surface area contributed by atoms with E-state index in [-0.39, 0.29) is 60.0 Å². The first-order chi connectivity index (χ1) is 32.9. The van der Waals surface area contributed by atoms with Gasteiger partial charge in [0.1, 0.15) is 18.0 Å². The number of carbonyl (C=O) groups is 2. The zero-order valence-corrected chi connectivity index (χ0v) is 40.5. The van der Waals surface area contributed by atoms with Gasteiger partial charge in [0.2, 0.25) is 0 Å². The molecule has 13 aliphatic rings. The van der Waals surface area contributed by atoms with Gasteiger partial charge in [-0.1, -0.05) is 81.1 Å². The normalized spacial score (nSPS) is 50.5. The summed E-state index contributed by atoms with van der Waals surface area (Å²) < 4.78 is 6.37. The van der Waals surface area contributed by atoms with Gasteiger partial charge in [0.15, 0.2) is 0 Å². The number of hydrogen-bond donors (Lipinski definition) is 6. The number of rotatable bonds is 4. The Morgan fingerprint density at radius 3 is 2.47 bits per heavy atom. The van der Waals surface area contributed by atoms with E-state index >= 15 is 4.79 Å². The van der Waals surface area contributed by atoms with Crippen molar-refractivity contribution in [1.29, 1.82) is 0 Å². The predicted molar refractivity (Wildman–Crippen MR) is 256 cm³/mol. The van der Waals surface area contributed by atoms with Crippen LogP contribution in [0, 0.1) is 92.7 Å². The Kier molecular flexibility index (Phi) is 10.3. The second kappa shape index (κ2) is 15.6. The number of aliphatic hydroxyl groups is 5. The summed E-state index contributed by atoms with van der Waals surface area (Å²) in [6, 6.07) is 5.81. The third kappa shape index (κ3) is 5.53. The highest BCUT2D eigenvalue weighted by Crippen LogP contribution is 2.81. The van der Waals surface area contributed by atoms with Gasteiger partial charge in [0, 0.05) is 52.7 Å². The minimum absolute atomic E-state index is 0.0764. The van der Waals surface area contributed by atoms with Crippen LogP contribution in [0.4, 0.5) is 0 Å². The fourth-order valence-corrected chi connectivity index (χ4v) is 21.9. The average Bonchev–Trinajstić information content (AvgIpc) is 4.19. The highest BCUT2D eigenvalue weighted by molar-refractivity contribution is 5.86. The number of benzene rings is 1. The summed E-state index contributed by atoms with van der Waals surface area (Å²) in [5.74, 6) is 6.06. The van der Waals surface area contributed by atoms with Crippen molar-refractivity contribution in [3.05, 3.63) is 58.7 Å². The molecule has 68 heavy (non-hydrogen) atoms. The number of aliphatic hydroxyl groups excluding tert-OH is 2. The highest BCUT2D eigenvalue weighted by atomic mass is 16.5. The lowest BCUT2D eigenvalue weighted by molar-refractivity contribution is -0.360. The molecule has 1 aromatic rings. The van der Waals surface area contributed by atoms with Crippen LogP contribution in [-0.2, 0) is 27.4 Å². The number of hydrogen-bond acceptors (Lipinski definition) is 9. The topological polar surface area (TPSA) is 157 Å². The van der Waals surface area contributed by atoms with Crippen molar-refractivity contribution in [3.8, 4) is 11.8 Å². The highest BCUT2D eigenvalue weighted by Gasteiger charge is 2.85. The number of ether oxygens (including phenoxy) is 1. The van der Waals surface area contributed by atoms with Crippen molar-refractivity contribution in [2.24, 2.45) is 80.8 Å². The first-order valence-electron chi connectivity index (χ1n) is 27.6. The maximum atomic E-state index is 15.2. The fourth-order valence-electron chi connectivity index (χ4n) is 21.9. The van der Waals surface area contributed by atoms with Crippen molar-refractivity contribution >= 4 is 12.3 Å². The van der Waals surface area contributed by atoms with Gasteiger partial charge >= 0.3 is 5.97 Å². The number of fused-ring (bicyclic) bond motifs is 8. The van der Waals surface area contributed by atoms with Crippen LogP contribution in [0.5, 0.6) is 0 Å². The van der Waals surface area contributed by atoms with Crippen LogP contribution in [0.1, 0.15) is 158 Å². The number of carbonyl (C=O) groups excluding carboxylic acids is 2. The van der Waals surface area contributed by atoms with Gasteiger partial charge in [0.05, 0.1) is 29.3 Å². The molecule has 6 N–H and O–H groups in total. The SMILES string of the molecule is CN[C@@H]1Cc2c(cccc2CO)C#CCC[C@]23CC[C@H]4[C@@](O)(C[C@H]5C[C@@H]6[C@H](C=CC[C@@H]6C6CCCC6)C[C@H]6[C@@H](O)[C@]7(CCCC78CCCC8)C[C@@]4(C=O)[C@]56O)[C@@]2(O)C[C@@H]2C[C@H]1[C@@H]1OC(=O)C=C1[C@@H]23. The first kappa shape index (κ1) is 45.1. The van der Waals surface area contributed by atoms with Crippen molar-refractivity contribution in [2.75, 3.05) is 7.05 Å². The van der Waals surface area contributed by atoms with Gasteiger partial charge in [-0.3, -0.25) is 0 Å². The second-order valence-electron chi connectivity index (χ2n) is 25.7. The van der Waals surface area contributed by atoms with Gasteiger partial charge in [0.25, 0.3) is 0 Å². The molecule has 3 spiro atoms. The van der Waals surface area contributed by atoms with E-state index < -0.39 is 63.0 Å². The minimum atomic E-state index is -1.73. The molecule has 1 aromatic carbocycles. The third-order valence-electron chi connectivity index (χ3n) is 24.2. The molecule has 0 amide bonds. The smallest absolute Gasteiger partial charge is 0.331 e. The molecule has 4 bridgehead atoms. The van der Waals surface area contributed by atoms with Crippen LogP contribution in [0.2, 0.25) is 0 Å². The quantitative estimate of drug-likeness (QED) is 0.0773. The van der Waals surface area contributed by atoms with E-state index in [1.807, 2.05) is 25.2 Å². The molecule has 9 saturated carbocycles. The van der Waals surface area contributed by atoms with Crippen LogP contribution < -0.4 is 5.32 Å². The molecule has 14 rings (SSSR count). The van der Waals surface area contributed by atoms with Gasteiger partial charge < -0.3 is 40.4 Å². The molecular weight excluding hydrogens is 851 g/mol. The number of esters is 1. The van der Waals surface area contributed by atoms with Crippen LogP contribution >= 0.6 is 0 Å². The molecule has 9 nitrogen and oxygen atoms in total. The van der Waals surface area contributed by atoms with E-state index in [0.717, 1.165) is 79.9 Å². The predicted octanol–water partition coefficient (Wildman–Crippen LogP) is 7.66. The Hall–Kier alpha value is -2.84. The maximum absolute atomic E-state index is 15.2. The summed E-state index contributed by atoms with van der Waals surface area (Å²) in [4.78, 5) is 28.9. The number of allylic oxidation sites excluding steroid dienone is 2. The summed E-state index contributed by atoms with van der Waals surface area (Å²) in [5, 5.41) is 71.6. The van der Waals surface area contributed by atoms with E-state index in [9.17, 15) is 30.3 Å². The Bertz CT molecular complexity index is 2370. The van der Waals surface area contributed by atoms with Crippen LogP contribution in [0.25, 0.3) is 0 Å². The van der Waals surface area contributed by atoms with E-state index in [1.165, 1.54) is 25.7 Å². The summed E-state index contributed by atoms with van der Waals surface area (Å²) in [6.07, 6.45) is 25.0. The molecule has 0 saturated heterocycles. The molecular formula is C59H77NO8. The van der Waals surface area contributed by atoms with Gasteiger partial charge in [-0.15, -0.1) is 0 Å². The van der Waals surface area contributed by atoms with Crippen molar-refractivity contribution in [2.45, 2.75) is 189 Å². The van der Waals surface area contributed by atoms with Gasteiger partial charge in [-0.05, 0) is 173 Å². The lowest BCUT2D eigenvalue weighted by atomic mass is 9.32. The number of nitrogens with one attached hydrogen (secondary N) is 1. The molecule has 0 aromatic heterocycles. The molecule has 0 unspecified atom stereocenters. The Morgan fingerprint density at radius 2 is 1.69 bits per heavy atom. The lowest BCUT2D eigenvalue weighted by Gasteiger charge is -2.74. The van der Waals surface area contributed by atoms with Gasteiger partial charge in [-0.25, -0.2) is 4.79 Å². The van der Waals surface area contributed by atoms with E-state index in [1.54, 1.807) is 6.08 Å². The van der Waals surface area contributed by atoms with Crippen LogP contribution in [0.3, 0.4) is 0 Å². The molecule has 9 fully saturated rings. The maximum Gasteiger partial charge on any atom is 0.331 e. The van der Waals surface area contributed by atoms with Crippen molar-refractivity contribution < 1.29 is 39.9 Å². The lowest BCUT2D eigenvalue weighted by Crippen LogP contribution is -2.82. The first-order valence-corrected chi connectivity index (χ1v) is 27.6. The van der Waals surface area contributed by atoms with E-state index in [2.05, 4.69) is 29.3 Å². The van der Waals surface area contributed by atoms with Gasteiger partial charge in [-0.2, -0.15) is 0 Å². The van der Waals surface area contributed by atoms with E-state index in [0.29, 0.717) is 76.0 Å². The Morgan fingerprint density at radius 1 is 0.882 bits per heavy atom. The van der Waals surface area contributed by atoms with E-state index in [4.69, 9.17) is 4.74 Å². The molecule has 9 heteroatoms. The summed E-state index contributed by atoms with van der Waals surface area (Å²) in [6.45, 7) is -0.102. The summed E-state index contributed by atoms with van der Waals surface area (Å²) >= 11 is 0. The fraction of sp³-hybridized carbons (Fsp3) is 0.763. The monoisotopic (exact) mass is 928 g/mol. The van der Waals surface area contributed by atoms with Crippen LogP contribution in [-0.4, -0.2) is 79.9 Å². The Balaban J connectivity index is 0.999. The molecule has 18 atom stereocenters. The van der Waals surface area contributed by atoms with Crippen molar-refractivity contribution in [3.63, 3.8) is 0 Å². The number of likely N-dealkylation sites (N-methyl/N-ethyl adjacent to an activating group) is 1. The minimum Gasteiger partial charge on any atom is -0.454 e. The second-order valence-corrected chi connectivity index (χ2v) is 25.7. The zero-order chi connectivity index (χ0) is 46.6. The third-order valence-corrected chi connectivity index (χ3v) is 24.2. The molecule has 1 heterocycles. The molecule has 366 valence electrons. The largest absolute Gasteiger partial charge is 0.454 e. The average molecular weight is 928 g/mol. The zero-order valence-electron chi connectivity index (χ0n) is 40.5.